The molecule has 9 heteroatoms. The van der Waals surface area contributed by atoms with Crippen molar-refractivity contribution < 1.29 is 14.1 Å². The first-order chi connectivity index (χ1) is 12.6. The molecule has 3 rings (SSSR count). The van der Waals surface area contributed by atoms with Crippen LogP contribution in [-0.2, 0) is 9.59 Å². The highest BCUT2D eigenvalue weighted by Gasteiger charge is 2.28. The summed E-state index contributed by atoms with van der Waals surface area (Å²) in [6.07, 6.45) is 1.70. The second kappa shape index (κ2) is 8.29. The number of halogens is 1. The molecule has 2 heterocycles. The minimum atomic E-state index is -0.351. The van der Waals surface area contributed by atoms with Crippen molar-refractivity contribution in [1.82, 2.24) is 20.4 Å². The second-order valence-corrected chi connectivity index (χ2v) is 6.56. The number of benzene rings is 1. The number of hydrogen-bond donors (Lipinski definition) is 2. The number of carbonyl (C=O) groups excluding carboxylic acids is 2. The van der Waals surface area contributed by atoms with E-state index in [2.05, 4.69) is 15.5 Å². The summed E-state index contributed by atoms with van der Waals surface area (Å²) < 4.78 is 5.41. The lowest BCUT2D eigenvalue weighted by Gasteiger charge is -2.31. The first-order valence-electron chi connectivity index (χ1n) is 8.41. The van der Waals surface area contributed by atoms with Crippen LogP contribution in [0.5, 0.6) is 0 Å². The number of amides is 2. The summed E-state index contributed by atoms with van der Waals surface area (Å²) in [5.74, 6) is 0.491. The molecule has 0 saturated carbocycles. The largest absolute Gasteiger partial charge is 0.346 e. The van der Waals surface area contributed by atoms with E-state index in [1.54, 1.807) is 17.0 Å². The van der Waals surface area contributed by atoms with E-state index in [1.165, 1.54) is 0 Å². The predicted octanol–water partition coefficient (Wildman–Crippen LogP) is 1.17. The molecule has 1 atom stereocenters. The van der Waals surface area contributed by atoms with Crippen LogP contribution in [0.15, 0.2) is 28.8 Å². The lowest BCUT2D eigenvalue weighted by Crippen LogP contribution is -2.45. The van der Waals surface area contributed by atoms with Gasteiger partial charge in [0, 0.05) is 23.7 Å². The van der Waals surface area contributed by atoms with Crippen molar-refractivity contribution in [3.8, 4) is 11.4 Å². The van der Waals surface area contributed by atoms with Gasteiger partial charge in [0.2, 0.25) is 23.5 Å². The maximum Gasteiger partial charge on any atom is 0.241 e. The molecule has 1 aliphatic rings. The summed E-state index contributed by atoms with van der Waals surface area (Å²) in [6.45, 7) is 0.944. The number of piperidine rings is 1. The number of likely N-dealkylation sites (tertiary alicyclic amines) is 1. The van der Waals surface area contributed by atoms with Crippen LogP contribution < -0.4 is 11.1 Å². The highest BCUT2D eigenvalue weighted by Crippen LogP contribution is 2.28. The monoisotopic (exact) mass is 377 g/mol. The van der Waals surface area contributed by atoms with Crippen molar-refractivity contribution in [3.05, 3.63) is 35.2 Å². The van der Waals surface area contributed by atoms with Crippen LogP contribution in [0.3, 0.4) is 0 Å². The SMILES string of the molecule is NCC(=O)NCC(=O)N1CCCC(c2nc(-c3ccc(Cl)cc3)no2)C1. The molecule has 1 fully saturated rings. The molecule has 0 bridgehead atoms. The first kappa shape index (κ1) is 18.3. The molecule has 1 saturated heterocycles. The summed E-state index contributed by atoms with van der Waals surface area (Å²) in [5, 5.41) is 7.16. The zero-order valence-electron chi connectivity index (χ0n) is 14.2. The fourth-order valence-electron chi connectivity index (χ4n) is 2.88. The molecule has 3 N–H and O–H groups in total. The van der Waals surface area contributed by atoms with E-state index in [4.69, 9.17) is 21.9 Å². The third-order valence-corrected chi connectivity index (χ3v) is 4.54. The highest BCUT2D eigenvalue weighted by molar-refractivity contribution is 6.30. The number of nitrogens with one attached hydrogen (secondary N) is 1. The smallest absolute Gasteiger partial charge is 0.241 e. The van der Waals surface area contributed by atoms with E-state index in [-0.39, 0.29) is 30.8 Å². The molecule has 0 radical (unpaired) electrons. The van der Waals surface area contributed by atoms with E-state index >= 15 is 0 Å². The van der Waals surface area contributed by atoms with Gasteiger partial charge in [0.05, 0.1) is 19.0 Å². The highest BCUT2D eigenvalue weighted by atomic mass is 35.5. The molecule has 2 aromatic rings. The van der Waals surface area contributed by atoms with E-state index < -0.39 is 0 Å². The van der Waals surface area contributed by atoms with E-state index in [0.717, 1.165) is 18.4 Å². The molecule has 2 amide bonds. The Kier molecular flexibility index (Phi) is 5.85. The van der Waals surface area contributed by atoms with Crippen LogP contribution >= 0.6 is 11.6 Å². The Morgan fingerprint density at radius 3 is 2.85 bits per heavy atom. The zero-order chi connectivity index (χ0) is 18.5. The van der Waals surface area contributed by atoms with Gasteiger partial charge < -0.3 is 20.5 Å². The van der Waals surface area contributed by atoms with Gasteiger partial charge in [0.25, 0.3) is 0 Å². The van der Waals surface area contributed by atoms with Gasteiger partial charge in [-0.15, -0.1) is 0 Å². The summed E-state index contributed by atoms with van der Waals surface area (Å²) in [5.41, 5.74) is 6.04. The molecular formula is C17H20ClN5O3. The summed E-state index contributed by atoms with van der Waals surface area (Å²) in [6, 6.07) is 7.19. The summed E-state index contributed by atoms with van der Waals surface area (Å²) in [7, 11) is 0. The third-order valence-electron chi connectivity index (χ3n) is 4.29. The maximum atomic E-state index is 12.2. The quantitative estimate of drug-likeness (QED) is 0.808. The van der Waals surface area contributed by atoms with Gasteiger partial charge in [-0.3, -0.25) is 9.59 Å². The molecule has 1 unspecified atom stereocenters. The minimum absolute atomic E-state index is 0.0218. The van der Waals surface area contributed by atoms with Crippen molar-refractivity contribution in [1.29, 1.82) is 0 Å². The molecule has 26 heavy (non-hydrogen) atoms. The lowest BCUT2D eigenvalue weighted by molar-refractivity contribution is -0.133. The van der Waals surface area contributed by atoms with Gasteiger partial charge in [-0.1, -0.05) is 16.8 Å². The second-order valence-electron chi connectivity index (χ2n) is 6.12. The van der Waals surface area contributed by atoms with Crippen molar-refractivity contribution in [2.24, 2.45) is 5.73 Å². The number of nitrogens with zero attached hydrogens (tertiary/aromatic N) is 3. The minimum Gasteiger partial charge on any atom is -0.346 e. The maximum absolute atomic E-state index is 12.2. The van der Waals surface area contributed by atoms with Crippen LogP contribution in [-0.4, -0.2) is 53.0 Å². The normalized spacial score (nSPS) is 17.2. The van der Waals surface area contributed by atoms with Crippen molar-refractivity contribution >= 4 is 23.4 Å². The number of rotatable bonds is 5. The Hall–Kier alpha value is -2.45. The fraction of sp³-hybridized carbons (Fsp3) is 0.412. The molecule has 0 aliphatic carbocycles. The molecule has 138 valence electrons. The van der Waals surface area contributed by atoms with Crippen LogP contribution in [0.4, 0.5) is 0 Å². The van der Waals surface area contributed by atoms with Gasteiger partial charge in [0.15, 0.2) is 0 Å². The number of hydrogen-bond acceptors (Lipinski definition) is 6. The Morgan fingerprint density at radius 2 is 2.12 bits per heavy atom. The average molecular weight is 378 g/mol. The topological polar surface area (TPSA) is 114 Å². The number of carbonyl (C=O) groups is 2. The predicted molar refractivity (Wildman–Crippen MR) is 95.4 cm³/mol. The van der Waals surface area contributed by atoms with Gasteiger partial charge in [-0.25, -0.2) is 0 Å². The average Bonchev–Trinajstić information content (AvgIpc) is 3.16. The molecular weight excluding hydrogens is 358 g/mol. The Bertz CT molecular complexity index is 777. The van der Waals surface area contributed by atoms with E-state index in [9.17, 15) is 9.59 Å². The Balaban J connectivity index is 1.63. The van der Waals surface area contributed by atoms with E-state index in [1.807, 2.05) is 12.1 Å². The zero-order valence-corrected chi connectivity index (χ0v) is 14.9. The molecule has 1 aliphatic heterocycles. The number of aromatic nitrogens is 2. The van der Waals surface area contributed by atoms with Gasteiger partial charge >= 0.3 is 0 Å². The first-order valence-corrected chi connectivity index (χ1v) is 8.78. The standard InChI is InChI=1S/C17H20ClN5O3/c18-13-5-3-11(4-6-13)16-21-17(26-22-16)12-2-1-7-23(10-12)15(25)9-20-14(24)8-19/h3-6,12H,1-2,7-10,19H2,(H,20,24). The molecule has 1 aromatic heterocycles. The fourth-order valence-corrected chi connectivity index (χ4v) is 3.01. The molecule has 8 nitrogen and oxygen atoms in total. The Labute approximate surface area is 155 Å². The summed E-state index contributed by atoms with van der Waals surface area (Å²) in [4.78, 5) is 29.6. The van der Waals surface area contributed by atoms with Crippen LogP contribution in [0.25, 0.3) is 11.4 Å². The van der Waals surface area contributed by atoms with Gasteiger partial charge in [0.1, 0.15) is 0 Å². The van der Waals surface area contributed by atoms with E-state index in [0.29, 0.717) is 29.8 Å². The molecule has 0 spiro atoms. The van der Waals surface area contributed by atoms with Gasteiger partial charge in [-0.05, 0) is 37.1 Å². The van der Waals surface area contributed by atoms with Crippen molar-refractivity contribution in [2.45, 2.75) is 18.8 Å². The molecule has 1 aromatic carbocycles. The Morgan fingerprint density at radius 1 is 1.35 bits per heavy atom. The van der Waals surface area contributed by atoms with Crippen LogP contribution in [0.1, 0.15) is 24.7 Å². The van der Waals surface area contributed by atoms with Crippen molar-refractivity contribution in [2.75, 3.05) is 26.2 Å². The van der Waals surface area contributed by atoms with Gasteiger partial charge in [-0.2, -0.15) is 4.98 Å². The van der Waals surface area contributed by atoms with Crippen molar-refractivity contribution in [3.63, 3.8) is 0 Å². The van der Waals surface area contributed by atoms with Crippen LogP contribution in [0.2, 0.25) is 5.02 Å². The van der Waals surface area contributed by atoms with Crippen LogP contribution in [0, 0.1) is 0 Å². The third kappa shape index (κ3) is 4.39. The number of nitrogens with two attached hydrogens (primary N) is 1. The lowest BCUT2D eigenvalue weighted by atomic mass is 9.98. The summed E-state index contributed by atoms with van der Waals surface area (Å²) >= 11 is 5.89.